The third kappa shape index (κ3) is 5.43. The Morgan fingerprint density at radius 2 is 1.89 bits per heavy atom. The lowest BCUT2D eigenvalue weighted by atomic mass is 9.67. The number of rotatable bonds is 8. The summed E-state index contributed by atoms with van der Waals surface area (Å²) >= 11 is 0. The molecule has 3 aromatic rings. The van der Waals surface area contributed by atoms with Crippen molar-refractivity contribution >= 4 is 5.78 Å². The summed E-state index contributed by atoms with van der Waals surface area (Å²) in [5.41, 5.74) is 5.16. The number of aromatic nitrogens is 2. The van der Waals surface area contributed by atoms with E-state index in [0.29, 0.717) is 18.4 Å². The number of hydrogen-bond acceptors (Lipinski definition) is 7. The molecule has 1 aliphatic rings. The Hall–Kier alpha value is -3.34. The number of carbonyl (C=O) groups excluding carboxylic acids is 1. The van der Waals surface area contributed by atoms with Gasteiger partial charge in [0.25, 0.3) is 0 Å². The van der Waals surface area contributed by atoms with E-state index in [1.807, 2.05) is 13.0 Å². The fraction of sp³-hybridized carbons (Fsp3) is 0.393. The highest BCUT2D eigenvalue weighted by Crippen LogP contribution is 2.42. The van der Waals surface area contributed by atoms with Crippen molar-refractivity contribution in [3.63, 3.8) is 0 Å². The summed E-state index contributed by atoms with van der Waals surface area (Å²) in [4.78, 5) is 21.4. The van der Waals surface area contributed by atoms with Crippen LogP contribution in [0.5, 0.6) is 5.75 Å². The average Bonchev–Trinajstić information content (AvgIpc) is 2.88. The summed E-state index contributed by atoms with van der Waals surface area (Å²) in [6.45, 7) is 3.02. The Labute approximate surface area is 218 Å². The maximum atomic E-state index is 15.0. The predicted molar refractivity (Wildman–Crippen MR) is 134 cm³/mol. The van der Waals surface area contributed by atoms with Gasteiger partial charge in [-0.15, -0.1) is 0 Å². The highest BCUT2D eigenvalue weighted by molar-refractivity contribution is 5.96. The number of aliphatic hydroxyl groups excluding tert-OH is 1. The van der Waals surface area contributed by atoms with Gasteiger partial charge < -0.3 is 20.7 Å². The molecule has 4 rings (SSSR count). The van der Waals surface area contributed by atoms with Crippen LogP contribution in [0.1, 0.15) is 54.2 Å². The summed E-state index contributed by atoms with van der Waals surface area (Å²) in [5.74, 6) is -4.24. The molecule has 2 aromatic heterocycles. The fourth-order valence-electron chi connectivity index (χ4n) is 4.96. The molecular weight excluding hydrogens is 499 g/mol. The topological polar surface area (TPSA) is 119 Å². The third-order valence-electron chi connectivity index (χ3n) is 7.43. The molecule has 0 spiro atoms. The van der Waals surface area contributed by atoms with Gasteiger partial charge in [-0.05, 0) is 73.1 Å². The second-order valence-corrected chi connectivity index (χ2v) is 9.91. The number of Topliss-reactive ketones (excluding diaryl/α,β-unsaturated/α-hetero) is 1. The molecule has 0 amide bonds. The van der Waals surface area contributed by atoms with Gasteiger partial charge in [0.15, 0.2) is 17.3 Å². The van der Waals surface area contributed by atoms with Crippen LogP contribution in [0.3, 0.4) is 0 Å². The minimum atomic E-state index is -1.19. The van der Waals surface area contributed by atoms with Gasteiger partial charge in [-0.1, -0.05) is 6.92 Å². The predicted octanol–water partition coefficient (Wildman–Crippen LogP) is 3.95. The zero-order chi connectivity index (χ0) is 27.6. The Kier molecular flexibility index (Phi) is 8.15. The zero-order valence-corrected chi connectivity index (χ0v) is 21.1. The summed E-state index contributed by atoms with van der Waals surface area (Å²) in [6, 6.07) is 5.39. The van der Waals surface area contributed by atoms with Gasteiger partial charge in [0, 0.05) is 24.9 Å². The van der Waals surface area contributed by atoms with Gasteiger partial charge in [-0.2, -0.15) is 0 Å². The number of ether oxygens (including phenoxy) is 1. The Morgan fingerprint density at radius 1 is 1.16 bits per heavy atom. The van der Waals surface area contributed by atoms with Crippen LogP contribution in [-0.4, -0.2) is 50.8 Å². The monoisotopic (exact) mass is 529 g/mol. The van der Waals surface area contributed by atoms with E-state index in [4.69, 9.17) is 15.6 Å². The van der Waals surface area contributed by atoms with Crippen molar-refractivity contribution in [2.45, 2.75) is 50.7 Å². The number of hydrogen-bond donors (Lipinski definition) is 3. The van der Waals surface area contributed by atoms with Gasteiger partial charge in [0.2, 0.25) is 0 Å². The minimum Gasteiger partial charge on any atom is -0.488 e. The molecule has 0 unspecified atom stereocenters. The highest BCUT2D eigenvalue weighted by atomic mass is 19.1. The van der Waals surface area contributed by atoms with Crippen molar-refractivity contribution in [2.75, 3.05) is 13.2 Å². The molecule has 0 saturated heterocycles. The molecule has 7 nitrogen and oxygen atoms in total. The van der Waals surface area contributed by atoms with Gasteiger partial charge in [0.1, 0.15) is 29.6 Å². The molecule has 0 bridgehead atoms. The summed E-state index contributed by atoms with van der Waals surface area (Å²) in [6.07, 6.45) is 4.26. The number of ketones is 1. The lowest BCUT2D eigenvalue weighted by Gasteiger charge is -2.44. The number of nitrogens with zero attached hydrogens (tertiary/aromatic N) is 2. The van der Waals surface area contributed by atoms with E-state index < -0.39 is 52.7 Å². The van der Waals surface area contributed by atoms with E-state index in [1.54, 1.807) is 19.3 Å². The first-order valence-electron chi connectivity index (χ1n) is 12.4. The van der Waals surface area contributed by atoms with Crippen molar-refractivity contribution in [1.82, 2.24) is 9.97 Å². The van der Waals surface area contributed by atoms with E-state index in [1.165, 1.54) is 0 Å². The van der Waals surface area contributed by atoms with Crippen LogP contribution >= 0.6 is 0 Å². The summed E-state index contributed by atoms with van der Waals surface area (Å²) in [5, 5.41) is 19.6. The highest BCUT2D eigenvalue weighted by Gasteiger charge is 2.42. The zero-order valence-electron chi connectivity index (χ0n) is 21.1. The molecule has 0 radical (unpaired) electrons. The van der Waals surface area contributed by atoms with Crippen molar-refractivity contribution < 1.29 is 32.9 Å². The van der Waals surface area contributed by atoms with E-state index in [0.717, 1.165) is 29.8 Å². The van der Waals surface area contributed by atoms with Crippen LogP contribution < -0.4 is 10.5 Å². The minimum absolute atomic E-state index is 0.00684. The maximum absolute atomic E-state index is 15.0. The van der Waals surface area contributed by atoms with Crippen LogP contribution in [0, 0.1) is 23.4 Å². The van der Waals surface area contributed by atoms with Crippen LogP contribution in [0.15, 0.2) is 42.7 Å². The summed E-state index contributed by atoms with van der Waals surface area (Å²) < 4.78 is 49.4. The fourth-order valence-corrected chi connectivity index (χ4v) is 4.96. The molecule has 4 atom stereocenters. The standard InChI is InChI=1S/C28H30F3N3O4/c1-15-11-16(13-24(32)28(15,2)37)18-7-8-33-14-17(18)12-22(36)21-5-3-20(30)27(34-21)25-19(29)4-6-23(26(25)31)38-10-9-35/h3-8,14-16,24,35,37H,9-13,32H2,1-2H3/t15-,16+,24+,28+/m0/s1. The van der Waals surface area contributed by atoms with Crippen molar-refractivity contribution in [2.24, 2.45) is 11.7 Å². The number of aliphatic hydroxyl groups is 2. The van der Waals surface area contributed by atoms with E-state index in [-0.39, 0.29) is 36.3 Å². The van der Waals surface area contributed by atoms with E-state index in [2.05, 4.69) is 9.97 Å². The molecule has 1 fully saturated rings. The van der Waals surface area contributed by atoms with Crippen LogP contribution in [0.2, 0.25) is 0 Å². The molecule has 2 heterocycles. The molecular formula is C28H30F3N3O4. The molecule has 1 aliphatic carbocycles. The van der Waals surface area contributed by atoms with Crippen LogP contribution in [-0.2, 0) is 6.42 Å². The molecule has 202 valence electrons. The number of halogens is 3. The molecule has 1 saturated carbocycles. The van der Waals surface area contributed by atoms with Crippen LogP contribution in [0.25, 0.3) is 11.3 Å². The Bertz CT molecular complexity index is 1320. The molecule has 1 aromatic carbocycles. The van der Waals surface area contributed by atoms with Gasteiger partial charge in [0.05, 0.1) is 17.8 Å². The third-order valence-corrected chi connectivity index (χ3v) is 7.43. The second kappa shape index (κ2) is 11.2. The summed E-state index contributed by atoms with van der Waals surface area (Å²) in [7, 11) is 0. The lowest BCUT2D eigenvalue weighted by Crippen LogP contribution is -2.54. The number of nitrogens with two attached hydrogens (primary N) is 1. The Morgan fingerprint density at radius 3 is 2.61 bits per heavy atom. The first kappa shape index (κ1) is 27.7. The normalized spacial score (nSPS) is 23.3. The van der Waals surface area contributed by atoms with Crippen molar-refractivity contribution in [3.05, 3.63) is 77.0 Å². The van der Waals surface area contributed by atoms with Crippen molar-refractivity contribution in [3.8, 4) is 17.0 Å². The van der Waals surface area contributed by atoms with Gasteiger partial charge in [-0.25, -0.2) is 18.2 Å². The molecule has 4 N–H and O–H groups in total. The van der Waals surface area contributed by atoms with Crippen LogP contribution in [0.4, 0.5) is 13.2 Å². The largest absolute Gasteiger partial charge is 0.488 e. The van der Waals surface area contributed by atoms with E-state index >= 15 is 4.39 Å². The first-order chi connectivity index (χ1) is 18.0. The van der Waals surface area contributed by atoms with Gasteiger partial charge in [-0.3, -0.25) is 9.78 Å². The molecule has 38 heavy (non-hydrogen) atoms. The SMILES string of the molecule is C[C@H]1C[C@@H](c2ccncc2CC(=O)c2ccc(F)c(-c3c(F)ccc(OCCO)c3F)n2)C[C@@H](N)[C@]1(C)O. The quantitative estimate of drug-likeness (QED) is 0.378. The van der Waals surface area contributed by atoms with E-state index in [9.17, 15) is 18.7 Å². The number of benzene rings is 1. The number of pyridine rings is 2. The number of carbonyl (C=O) groups is 1. The Balaban J connectivity index is 1.64. The molecule has 10 heteroatoms. The van der Waals surface area contributed by atoms with Gasteiger partial charge >= 0.3 is 0 Å². The first-order valence-corrected chi connectivity index (χ1v) is 12.4. The smallest absolute Gasteiger partial charge is 0.185 e. The average molecular weight is 530 g/mol. The molecule has 0 aliphatic heterocycles. The second-order valence-electron chi connectivity index (χ2n) is 9.91. The maximum Gasteiger partial charge on any atom is 0.185 e. The lowest BCUT2D eigenvalue weighted by molar-refractivity contribution is -0.0464. The van der Waals surface area contributed by atoms with Crippen molar-refractivity contribution in [1.29, 1.82) is 0 Å².